The minimum Gasteiger partial charge on any atom is -0.466 e. The van der Waals surface area contributed by atoms with E-state index in [0.29, 0.717) is 25.9 Å². The smallest absolute Gasteiger partial charge is 0.305 e. The fourth-order valence-electron chi connectivity index (χ4n) is 9.92. The molecule has 0 heterocycles. The van der Waals surface area contributed by atoms with E-state index in [9.17, 15) is 19.8 Å². The molecule has 0 aromatic heterocycles. The normalized spacial score (nSPS) is 12.7. The van der Waals surface area contributed by atoms with E-state index >= 15 is 0 Å². The highest BCUT2D eigenvalue weighted by Gasteiger charge is 2.20. The van der Waals surface area contributed by atoms with Gasteiger partial charge in [0, 0.05) is 12.8 Å². The third-order valence-corrected chi connectivity index (χ3v) is 14.7. The van der Waals surface area contributed by atoms with Gasteiger partial charge in [0.2, 0.25) is 5.91 Å². The van der Waals surface area contributed by atoms with E-state index in [2.05, 4.69) is 43.5 Å². The SMILES string of the molecule is CCC/C=C\C/C=C\CCCCCCCC(=O)OCCCCCCCCCCCCCCCCCCC(=O)NC(CO)C(O)CCCCCCCCCCCCCCCCCCCCCCCCCC. The first kappa shape index (κ1) is 68.3. The molecule has 3 N–H and O–H groups in total. The van der Waals surface area contributed by atoms with Crippen molar-refractivity contribution in [3.63, 3.8) is 0 Å². The maximum atomic E-state index is 12.5. The third kappa shape index (κ3) is 55.7. The number of esters is 1. The molecule has 0 spiro atoms. The number of hydrogen-bond donors (Lipinski definition) is 3. The number of allylic oxidation sites excluding steroid dienone is 4. The summed E-state index contributed by atoms with van der Waals surface area (Å²) in [5.41, 5.74) is 0. The summed E-state index contributed by atoms with van der Waals surface area (Å²) in [4.78, 5) is 24.6. The predicted molar refractivity (Wildman–Crippen MR) is 306 cm³/mol. The summed E-state index contributed by atoms with van der Waals surface area (Å²) in [6.07, 6.45) is 73.3. The van der Waals surface area contributed by atoms with Crippen LogP contribution in [-0.4, -0.2) is 47.4 Å². The van der Waals surface area contributed by atoms with Crippen LogP contribution in [-0.2, 0) is 14.3 Å². The molecule has 0 aliphatic carbocycles. The molecule has 0 aliphatic heterocycles. The van der Waals surface area contributed by atoms with Crippen molar-refractivity contribution in [2.75, 3.05) is 13.2 Å². The average molecular weight is 987 g/mol. The first-order valence-corrected chi connectivity index (χ1v) is 31.6. The van der Waals surface area contributed by atoms with Gasteiger partial charge in [-0.2, -0.15) is 0 Å². The topological polar surface area (TPSA) is 95.9 Å². The number of amides is 1. The van der Waals surface area contributed by atoms with E-state index in [1.165, 1.54) is 257 Å². The molecule has 0 fully saturated rings. The van der Waals surface area contributed by atoms with Gasteiger partial charge in [-0.15, -0.1) is 0 Å². The molecule has 0 saturated carbocycles. The van der Waals surface area contributed by atoms with Gasteiger partial charge in [-0.3, -0.25) is 9.59 Å². The molecule has 0 bridgehead atoms. The number of unbranched alkanes of at least 4 members (excludes halogenated alkanes) is 44. The number of aliphatic hydroxyl groups is 2. The van der Waals surface area contributed by atoms with Gasteiger partial charge < -0.3 is 20.3 Å². The summed E-state index contributed by atoms with van der Waals surface area (Å²) in [6.45, 7) is 4.90. The third-order valence-electron chi connectivity index (χ3n) is 14.7. The largest absolute Gasteiger partial charge is 0.466 e. The van der Waals surface area contributed by atoms with Crippen molar-refractivity contribution in [1.82, 2.24) is 5.32 Å². The summed E-state index contributed by atoms with van der Waals surface area (Å²) in [6, 6.07) is -0.548. The maximum absolute atomic E-state index is 12.5. The number of nitrogens with one attached hydrogen (secondary N) is 1. The van der Waals surface area contributed by atoms with Crippen molar-refractivity contribution in [2.45, 2.75) is 360 Å². The highest BCUT2D eigenvalue weighted by atomic mass is 16.5. The molecular formula is C64H123NO5. The highest BCUT2D eigenvalue weighted by Crippen LogP contribution is 2.18. The van der Waals surface area contributed by atoms with Gasteiger partial charge in [0.1, 0.15) is 0 Å². The van der Waals surface area contributed by atoms with Crippen LogP contribution in [0, 0.1) is 0 Å². The highest BCUT2D eigenvalue weighted by molar-refractivity contribution is 5.76. The minimum atomic E-state index is -0.671. The molecule has 414 valence electrons. The zero-order chi connectivity index (χ0) is 50.7. The summed E-state index contributed by atoms with van der Waals surface area (Å²) >= 11 is 0. The number of carbonyl (C=O) groups excluding carboxylic acids is 2. The Morgan fingerprint density at radius 3 is 1.14 bits per heavy atom. The first-order valence-electron chi connectivity index (χ1n) is 31.6. The van der Waals surface area contributed by atoms with E-state index in [1.807, 2.05) is 0 Å². The number of carbonyl (C=O) groups is 2. The molecule has 2 unspecified atom stereocenters. The number of ether oxygens (including phenoxy) is 1. The van der Waals surface area contributed by atoms with Crippen LogP contribution >= 0.6 is 0 Å². The lowest BCUT2D eigenvalue weighted by Gasteiger charge is -2.22. The summed E-state index contributed by atoms with van der Waals surface area (Å²) in [5.74, 6) is -0.0497. The van der Waals surface area contributed by atoms with Crippen molar-refractivity contribution in [3.8, 4) is 0 Å². The molecule has 2 atom stereocenters. The molecule has 0 aliphatic rings. The zero-order valence-corrected chi connectivity index (χ0v) is 47.3. The zero-order valence-electron chi connectivity index (χ0n) is 47.3. The molecular weight excluding hydrogens is 863 g/mol. The molecule has 0 radical (unpaired) electrons. The lowest BCUT2D eigenvalue weighted by atomic mass is 10.0. The second-order valence-electron chi connectivity index (χ2n) is 21.7. The van der Waals surface area contributed by atoms with Crippen LogP contribution in [0.15, 0.2) is 24.3 Å². The first-order chi connectivity index (χ1) is 34.5. The van der Waals surface area contributed by atoms with Crippen molar-refractivity contribution in [1.29, 1.82) is 0 Å². The standard InChI is InChI=1S/C64H123NO5/c1-3-5-7-9-11-13-15-17-18-19-20-21-22-23-24-25-26-29-33-36-40-44-48-52-56-62(67)61(60-66)65-63(68)57-53-49-45-41-37-34-30-27-28-31-35-39-43-47-51-55-59-70-64(69)58-54-50-46-42-38-32-16-14-12-10-8-6-4-2/h8,10,14,16,61-62,66-67H,3-7,9,11-13,15,17-60H2,1-2H3,(H,65,68)/b10-8-,16-14-. The van der Waals surface area contributed by atoms with E-state index in [0.717, 1.165) is 57.8 Å². The minimum absolute atomic E-state index is 0.0113. The fraction of sp³-hybridized carbons (Fsp3) is 0.906. The summed E-state index contributed by atoms with van der Waals surface area (Å²) < 4.78 is 5.46. The molecule has 0 aromatic carbocycles. The van der Waals surface area contributed by atoms with Gasteiger partial charge in [0.25, 0.3) is 0 Å². The average Bonchev–Trinajstić information content (AvgIpc) is 3.36. The van der Waals surface area contributed by atoms with Gasteiger partial charge >= 0.3 is 5.97 Å². The van der Waals surface area contributed by atoms with Crippen LogP contribution in [0.3, 0.4) is 0 Å². The molecule has 0 aromatic rings. The predicted octanol–water partition coefficient (Wildman–Crippen LogP) is 19.8. The van der Waals surface area contributed by atoms with E-state index in [4.69, 9.17) is 4.74 Å². The quantitative estimate of drug-likeness (QED) is 0.0321. The van der Waals surface area contributed by atoms with Crippen LogP contribution in [0.25, 0.3) is 0 Å². The summed E-state index contributed by atoms with van der Waals surface area (Å²) in [5, 5.41) is 23.4. The Morgan fingerprint density at radius 2 is 0.743 bits per heavy atom. The van der Waals surface area contributed by atoms with Crippen LogP contribution in [0.1, 0.15) is 348 Å². The second-order valence-corrected chi connectivity index (χ2v) is 21.7. The van der Waals surface area contributed by atoms with E-state index < -0.39 is 12.1 Å². The van der Waals surface area contributed by atoms with Gasteiger partial charge in [0.15, 0.2) is 0 Å². The molecule has 70 heavy (non-hydrogen) atoms. The Hall–Kier alpha value is -1.66. The Kier molecular flexibility index (Phi) is 58.5. The van der Waals surface area contributed by atoms with Gasteiger partial charge in [-0.25, -0.2) is 0 Å². The van der Waals surface area contributed by atoms with Crippen molar-refractivity contribution in [2.24, 2.45) is 0 Å². The lowest BCUT2D eigenvalue weighted by molar-refractivity contribution is -0.143. The van der Waals surface area contributed by atoms with Crippen molar-refractivity contribution < 1.29 is 24.5 Å². The Balaban J connectivity index is 3.42. The van der Waals surface area contributed by atoms with E-state index in [1.54, 1.807) is 0 Å². The molecule has 1 amide bonds. The monoisotopic (exact) mass is 986 g/mol. The van der Waals surface area contributed by atoms with Crippen molar-refractivity contribution >= 4 is 11.9 Å². The number of rotatable bonds is 59. The molecule has 6 heteroatoms. The summed E-state index contributed by atoms with van der Waals surface area (Å²) in [7, 11) is 0. The van der Waals surface area contributed by atoms with Crippen LogP contribution in [0.5, 0.6) is 0 Å². The molecule has 0 saturated heterocycles. The number of hydrogen-bond acceptors (Lipinski definition) is 5. The Labute approximate surface area is 437 Å². The second kappa shape index (κ2) is 59.9. The van der Waals surface area contributed by atoms with Gasteiger partial charge in [-0.1, -0.05) is 308 Å². The van der Waals surface area contributed by atoms with Crippen molar-refractivity contribution in [3.05, 3.63) is 24.3 Å². The van der Waals surface area contributed by atoms with Crippen LogP contribution in [0.4, 0.5) is 0 Å². The lowest BCUT2D eigenvalue weighted by Crippen LogP contribution is -2.45. The van der Waals surface area contributed by atoms with E-state index in [-0.39, 0.29) is 18.5 Å². The Morgan fingerprint density at radius 1 is 0.400 bits per heavy atom. The maximum Gasteiger partial charge on any atom is 0.305 e. The molecule has 6 nitrogen and oxygen atoms in total. The van der Waals surface area contributed by atoms with Gasteiger partial charge in [-0.05, 0) is 51.4 Å². The van der Waals surface area contributed by atoms with Gasteiger partial charge in [0.05, 0.1) is 25.4 Å². The fourth-order valence-corrected chi connectivity index (χ4v) is 9.92. The Bertz CT molecular complexity index is 1090. The van der Waals surface area contributed by atoms with Crippen LogP contribution < -0.4 is 5.32 Å². The van der Waals surface area contributed by atoms with Crippen LogP contribution in [0.2, 0.25) is 0 Å². The molecule has 0 rings (SSSR count). The number of aliphatic hydroxyl groups excluding tert-OH is 2.